The van der Waals surface area contributed by atoms with Gasteiger partial charge in [0.2, 0.25) is 0 Å². The molecular formula is C19H23N3S. The first-order valence-electron chi connectivity index (χ1n) is 8.37. The van der Waals surface area contributed by atoms with Gasteiger partial charge in [0.1, 0.15) is 16.5 Å². The minimum atomic E-state index is 0.776. The number of unbranched alkanes of at least 4 members (excludes halogenated alkanes) is 1. The Labute approximate surface area is 141 Å². The van der Waals surface area contributed by atoms with E-state index < -0.39 is 0 Å². The van der Waals surface area contributed by atoms with Crippen LogP contribution >= 0.6 is 11.3 Å². The quantitative estimate of drug-likeness (QED) is 0.617. The third-order valence-electron chi connectivity index (χ3n) is 3.87. The Bertz CT molecular complexity index is 765. The minimum Gasteiger partial charge on any atom is -0.369 e. The van der Waals surface area contributed by atoms with Gasteiger partial charge in [-0.15, -0.1) is 11.3 Å². The summed E-state index contributed by atoms with van der Waals surface area (Å²) in [7, 11) is 0. The van der Waals surface area contributed by atoms with Crippen molar-refractivity contribution in [3.63, 3.8) is 0 Å². The lowest BCUT2D eigenvalue weighted by atomic mass is 10.1. The summed E-state index contributed by atoms with van der Waals surface area (Å²) in [4.78, 5) is 12.1. The van der Waals surface area contributed by atoms with E-state index in [9.17, 15) is 0 Å². The van der Waals surface area contributed by atoms with Gasteiger partial charge >= 0.3 is 0 Å². The topological polar surface area (TPSA) is 37.8 Å². The molecule has 0 bridgehead atoms. The van der Waals surface area contributed by atoms with Crippen LogP contribution in [0, 0.1) is 0 Å². The summed E-state index contributed by atoms with van der Waals surface area (Å²) < 4.78 is 0. The largest absolute Gasteiger partial charge is 0.369 e. The molecule has 0 spiro atoms. The van der Waals surface area contributed by atoms with Crippen molar-refractivity contribution in [2.45, 2.75) is 39.5 Å². The maximum Gasteiger partial charge on any atom is 0.138 e. The number of nitrogens with one attached hydrogen (secondary N) is 1. The van der Waals surface area contributed by atoms with Gasteiger partial charge in [0.15, 0.2) is 0 Å². The number of nitrogens with zero attached hydrogens (tertiary/aromatic N) is 2. The first-order valence-corrected chi connectivity index (χ1v) is 9.19. The lowest BCUT2D eigenvalue weighted by molar-refractivity contribution is 0.829. The van der Waals surface area contributed by atoms with Crippen molar-refractivity contribution in [3.05, 3.63) is 52.7 Å². The number of rotatable bonds is 7. The van der Waals surface area contributed by atoms with E-state index in [1.165, 1.54) is 22.2 Å². The van der Waals surface area contributed by atoms with Crippen LogP contribution in [0.5, 0.6) is 0 Å². The molecule has 3 nitrogen and oxygen atoms in total. The van der Waals surface area contributed by atoms with E-state index in [-0.39, 0.29) is 0 Å². The zero-order valence-electron chi connectivity index (χ0n) is 13.8. The smallest absolute Gasteiger partial charge is 0.138 e. The highest BCUT2D eigenvalue weighted by molar-refractivity contribution is 7.18. The van der Waals surface area contributed by atoms with Crippen LogP contribution in [0.15, 0.2) is 36.4 Å². The highest BCUT2D eigenvalue weighted by Crippen LogP contribution is 2.29. The number of aryl methyl sites for hydroxylation is 1. The summed E-state index contributed by atoms with van der Waals surface area (Å²) >= 11 is 1.78. The van der Waals surface area contributed by atoms with Gasteiger partial charge in [-0.2, -0.15) is 0 Å². The highest BCUT2D eigenvalue weighted by Gasteiger charge is 2.11. The van der Waals surface area contributed by atoms with Crippen molar-refractivity contribution in [1.82, 2.24) is 9.97 Å². The Morgan fingerprint density at radius 1 is 1.09 bits per heavy atom. The van der Waals surface area contributed by atoms with Gasteiger partial charge < -0.3 is 5.32 Å². The molecular weight excluding hydrogens is 302 g/mol. The molecule has 3 aromatic rings. The Morgan fingerprint density at radius 3 is 2.65 bits per heavy atom. The van der Waals surface area contributed by atoms with Crippen LogP contribution < -0.4 is 5.32 Å². The first kappa shape index (κ1) is 15.9. The number of anilines is 1. The SMILES string of the molecule is CCCCNc1nc(Cc2ccccc2)nc2sc(CC)cc12. The van der Waals surface area contributed by atoms with Crippen LogP contribution in [0.4, 0.5) is 5.82 Å². The fraction of sp³-hybridized carbons (Fsp3) is 0.368. The third kappa shape index (κ3) is 3.88. The molecule has 0 aliphatic rings. The second-order valence-corrected chi connectivity index (χ2v) is 6.83. The van der Waals surface area contributed by atoms with E-state index in [1.807, 2.05) is 6.07 Å². The molecule has 0 fully saturated rings. The Hall–Kier alpha value is -1.94. The molecule has 2 aromatic heterocycles. The monoisotopic (exact) mass is 325 g/mol. The van der Waals surface area contributed by atoms with Gasteiger partial charge in [-0.3, -0.25) is 0 Å². The molecule has 120 valence electrons. The number of hydrogen-bond acceptors (Lipinski definition) is 4. The normalized spacial score (nSPS) is 11.0. The summed E-state index contributed by atoms with van der Waals surface area (Å²) in [6, 6.07) is 12.7. The summed E-state index contributed by atoms with van der Waals surface area (Å²) in [5.74, 6) is 1.89. The number of hydrogen-bond donors (Lipinski definition) is 1. The minimum absolute atomic E-state index is 0.776. The zero-order chi connectivity index (χ0) is 16.1. The molecule has 0 amide bonds. The van der Waals surface area contributed by atoms with Gasteiger partial charge in [0, 0.05) is 17.8 Å². The fourth-order valence-electron chi connectivity index (χ4n) is 2.57. The lowest BCUT2D eigenvalue weighted by Gasteiger charge is -2.08. The molecule has 3 rings (SSSR count). The third-order valence-corrected chi connectivity index (χ3v) is 5.04. The van der Waals surface area contributed by atoms with Crippen LogP contribution in [0.25, 0.3) is 10.2 Å². The molecule has 0 unspecified atom stereocenters. The van der Waals surface area contributed by atoms with Crippen LogP contribution in [-0.4, -0.2) is 16.5 Å². The van der Waals surface area contributed by atoms with Crippen molar-refractivity contribution in [2.75, 3.05) is 11.9 Å². The van der Waals surface area contributed by atoms with Crippen molar-refractivity contribution in [2.24, 2.45) is 0 Å². The average Bonchev–Trinajstić information content (AvgIpc) is 2.99. The maximum atomic E-state index is 4.80. The van der Waals surface area contributed by atoms with Gasteiger partial charge in [-0.05, 0) is 24.5 Å². The fourth-order valence-corrected chi connectivity index (χ4v) is 3.55. The molecule has 0 saturated heterocycles. The van der Waals surface area contributed by atoms with Gasteiger partial charge in [-0.25, -0.2) is 9.97 Å². The van der Waals surface area contributed by atoms with E-state index in [1.54, 1.807) is 11.3 Å². The van der Waals surface area contributed by atoms with Crippen molar-refractivity contribution in [3.8, 4) is 0 Å². The summed E-state index contributed by atoms with van der Waals surface area (Å²) in [5, 5.41) is 4.67. The molecule has 0 atom stereocenters. The number of benzene rings is 1. The van der Waals surface area contributed by atoms with Gasteiger partial charge in [0.05, 0.1) is 5.39 Å². The molecule has 1 aromatic carbocycles. The summed E-state index contributed by atoms with van der Waals surface area (Å²) in [6.07, 6.45) is 4.16. The Balaban J connectivity index is 1.94. The van der Waals surface area contributed by atoms with Gasteiger partial charge in [-0.1, -0.05) is 50.6 Å². The van der Waals surface area contributed by atoms with E-state index in [0.717, 1.165) is 42.3 Å². The van der Waals surface area contributed by atoms with Crippen molar-refractivity contribution < 1.29 is 0 Å². The average molecular weight is 325 g/mol. The molecule has 2 heterocycles. The van der Waals surface area contributed by atoms with Gasteiger partial charge in [0.25, 0.3) is 0 Å². The van der Waals surface area contributed by atoms with Crippen LogP contribution in [0.2, 0.25) is 0 Å². The molecule has 1 N–H and O–H groups in total. The van der Waals surface area contributed by atoms with E-state index >= 15 is 0 Å². The number of aromatic nitrogens is 2. The molecule has 0 aliphatic carbocycles. The van der Waals surface area contributed by atoms with E-state index in [4.69, 9.17) is 9.97 Å². The zero-order valence-corrected chi connectivity index (χ0v) is 14.6. The second kappa shape index (κ2) is 7.55. The summed E-state index contributed by atoms with van der Waals surface area (Å²) in [5.41, 5.74) is 1.25. The maximum absolute atomic E-state index is 4.80. The van der Waals surface area contributed by atoms with Crippen LogP contribution in [-0.2, 0) is 12.8 Å². The standard InChI is InChI=1S/C19H23N3S/c1-3-5-11-20-18-16-13-15(4-2)23-19(16)22-17(21-18)12-14-9-7-6-8-10-14/h6-10,13H,3-5,11-12H2,1-2H3,(H,20,21,22). The predicted octanol–water partition coefficient (Wildman–Crippen LogP) is 5.06. The molecule has 0 saturated carbocycles. The predicted molar refractivity (Wildman–Crippen MR) is 99.4 cm³/mol. The highest BCUT2D eigenvalue weighted by atomic mass is 32.1. The molecule has 0 radical (unpaired) electrons. The lowest BCUT2D eigenvalue weighted by Crippen LogP contribution is -2.06. The molecule has 0 aliphatic heterocycles. The van der Waals surface area contributed by atoms with E-state index in [0.29, 0.717) is 0 Å². The first-order chi connectivity index (χ1) is 11.3. The van der Waals surface area contributed by atoms with Crippen LogP contribution in [0.1, 0.15) is 43.0 Å². The van der Waals surface area contributed by atoms with Crippen molar-refractivity contribution >= 4 is 27.4 Å². The van der Waals surface area contributed by atoms with Crippen molar-refractivity contribution in [1.29, 1.82) is 0 Å². The summed E-state index contributed by atoms with van der Waals surface area (Å²) in [6.45, 7) is 5.36. The number of thiophene rings is 1. The Kier molecular flexibility index (Phi) is 5.23. The van der Waals surface area contributed by atoms with E-state index in [2.05, 4.69) is 49.5 Å². The Morgan fingerprint density at radius 2 is 1.91 bits per heavy atom. The number of fused-ring (bicyclic) bond motifs is 1. The van der Waals surface area contributed by atoms with Crippen LogP contribution in [0.3, 0.4) is 0 Å². The molecule has 4 heteroatoms. The molecule has 23 heavy (non-hydrogen) atoms. The second-order valence-electron chi connectivity index (χ2n) is 5.72.